The molecule has 1 saturated heterocycles. The molecule has 2 amide bonds. The van der Waals surface area contributed by atoms with Crippen LogP contribution in [-0.2, 0) is 9.59 Å². The topological polar surface area (TPSA) is 40.6 Å². The molecule has 30 heavy (non-hydrogen) atoms. The average Bonchev–Trinajstić information content (AvgIpc) is 3.33. The summed E-state index contributed by atoms with van der Waals surface area (Å²) in [6, 6.07) is 6.11. The highest BCUT2D eigenvalue weighted by Crippen LogP contribution is 2.34. The highest BCUT2D eigenvalue weighted by molar-refractivity contribution is 6.35. The van der Waals surface area contributed by atoms with Crippen LogP contribution in [0.1, 0.15) is 87.8 Å². The van der Waals surface area contributed by atoms with Crippen molar-refractivity contribution in [1.29, 1.82) is 0 Å². The van der Waals surface area contributed by atoms with E-state index in [0.29, 0.717) is 17.8 Å². The summed E-state index contributed by atoms with van der Waals surface area (Å²) in [4.78, 5) is 30.3. The van der Waals surface area contributed by atoms with Crippen LogP contribution < -0.4 is 0 Å². The van der Waals surface area contributed by atoms with Gasteiger partial charge in [-0.1, -0.05) is 70.1 Å². The van der Waals surface area contributed by atoms with Gasteiger partial charge >= 0.3 is 0 Å². The minimum atomic E-state index is -0.104. The normalized spacial score (nSPS) is 17.0. The summed E-state index contributed by atoms with van der Waals surface area (Å²) >= 11 is 0. The molecule has 2 aliphatic rings. The van der Waals surface area contributed by atoms with Gasteiger partial charge in [-0.2, -0.15) is 0 Å². The lowest BCUT2D eigenvalue weighted by atomic mass is 9.99. The van der Waals surface area contributed by atoms with E-state index in [1.165, 1.54) is 49.0 Å². The fourth-order valence-corrected chi connectivity index (χ4v) is 4.56. The summed E-state index contributed by atoms with van der Waals surface area (Å²) in [6.45, 7) is 8.65. The molecule has 0 unspecified atom stereocenters. The van der Waals surface area contributed by atoms with Gasteiger partial charge in [-0.15, -0.1) is 0 Å². The predicted octanol–water partition coefficient (Wildman–Crippen LogP) is 5.62. The third-order valence-corrected chi connectivity index (χ3v) is 6.60. The summed E-state index contributed by atoms with van der Waals surface area (Å²) in [5.41, 5.74) is 4.50. The number of nitrogens with zero attached hydrogens (tertiary/aromatic N) is 2. The highest BCUT2D eigenvalue weighted by Gasteiger charge is 2.41. The molecular weight excluding hydrogens is 372 g/mol. The fraction of sp³-hybridized carbons (Fsp3) is 0.615. The molecule has 1 aromatic carbocycles. The van der Waals surface area contributed by atoms with E-state index in [1.54, 1.807) is 0 Å². The van der Waals surface area contributed by atoms with E-state index in [9.17, 15) is 9.59 Å². The van der Waals surface area contributed by atoms with Crippen LogP contribution in [-0.4, -0.2) is 41.2 Å². The van der Waals surface area contributed by atoms with Crippen LogP contribution in [0.5, 0.6) is 0 Å². The SMILES string of the molecule is CCCCCCCCCCN1C(=O)C(c2ccc(C)c(C)c2)=C(N2CCCC2)C1=O. The Hall–Kier alpha value is -2.10. The van der Waals surface area contributed by atoms with Crippen molar-refractivity contribution in [3.05, 3.63) is 40.6 Å². The van der Waals surface area contributed by atoms with Crippen molar-refractivity contribution in [2.45, 2.75) is 85.0 Å². The van der Waals surface area contributed by atoms with Gasteiger partial charge in [-0.25, -0.2) is 0 Å². The van der Waals surface area contributed by atoms with Crippen molar-refractivity contribution in [2.75, 3.05) is 19.6 Å². The van der Waals surface area contributed by atoms with Crippen molar-refractivity contribution in [2.24, 2.45) is 0 Å². The van der Waals surface area contributed by atoms with Crippen LogP contribution in [0.2, 0.25) is 0 Å². The van der Waals surface area contributed by atoms with E-state index in [-0.39, 0.29) is 11.8 Å². The predicted molar refractivity (Wildman–Crippen MR) is 123 cm³/mol. The van der Waals surface area contributed by atoms with Crippen molar-refractivity contribution in [3.8, 4) is 0 Å². The Balaban J connectivity index is 1.68. The summed E-state index contributed by atoms with van der Waals surface area (Å²) in [6.07, 6.45) is 11.8. The molecule has 0 bridgehead atoms. The molecule has 1 aromatic rings. The van der Waals surface area contributed by atoms with Crippen LogP contribution in [0.3, 0.4) is 0 Å². The average molecular weight is 411 g/mol. The standard InChI is InChI=1S/C26H38N2O2/c1-4-5-6-7-8-9-10-11-18-28-25(29)23(22-15-14-20(2)21(3)19-22)24(26(28)30)27-16-12-13-17-27/h14-15,19H,4-13,16-18H2,1-3H3. The molecule has 164 valence electrons. The zero-order valence-corrected chi connectivity index (χ0v) is 19.1. The van der Waals surface area contributed by atoms with Crippen LogP contribution in [0.25, 0.3) is 5.57 Å². The van der Waals surface area contributed by atoms with E-state index in [4.69, 9.17) is 0 Å². The fourth-order valence-electron chi connectivity index (χ4n) is 4.56. The Bertz CT molecular complexity index is 790. The van der Waals surface area contributed by atoms with Gasteiger partial charge in [-0.3, -0.25) is 14.5 Å². The third-order valence-electron chi connectivity index (χ3n) is 6.60. The van der Waals surface area contributed by atoms with Crippen molar-refractivity contribution in [1.82, 2.24) is 9.80 Å². The second-order valence-electron chi connectivity index (χ2n) is 8.95. The van der Waals surface area contributed by atoms with E-state index >= 15 is 0 Å². The second-order valence-corrected chi connectivity index (χ2v) is 8.95. The molecule has 0 atom stereocenters. The first-order valence-corrected chi connectivity index (χ1v) is 12.0. The number of carbonyl (C=O) groups excluding carboxylic acids is 2. The lowest BCUT2D eigenvalue weighted by Crippen LogP contribution is -2.35. The Kier molecular flexibility index (Phi) is 8.12. The monoisotopic (exact) mass is 410 g/mol. The third kappa shape index (κ3) is 5.14. The lowest BCUT2D eigenvalue weighted by Gasteiger charge is -2.20. The number of rotatable bonds is 11. The maximum absolute atomic E-state index is 13.3. The molecule has 0 saturated carbocycles. The molecule has 2 aliphatic heterocycles. The number of unbranched alkanes of at least 4 members (excludes halogenated alkanes) is 7. The molecule has 4 nitrogen and oxygen atoms in total. The van der Waals surface area contributed by atoms with Gasteiger partial charge < -0.3 is 4.90 Å². The molecule has 3 rings (SSSR count). The number of benzene rings is 1. The van der Waals surface area contributed by atoms with E-state index in [1.807, 2.05) is 6.07 Å². The Morgan fingerprint density at radius 1 is 0.800 bits per heavy atom. The molecule has 1 fully saturated rings. The van der Waals surface area contributed by atoms with Gasteiger partial charge in [0, 0.05) is 19.6 Å². The minimum Gasteiger partial charge on any atom is -0.366 e. The molecular formula is C26H38N2O2. The summed E-state index contributed by atoms with van der Waals surface area (Å²) < 4.78 is 0. The molecule has 4 heteroatoms. The molecule has 0 N–H and O–H groups in total. The second kappa shape index (κ2) is 10.8. The molecule has 2 heterocycles. The molecule has 0 spiro atoms. The Labute approximate surface area is 182 Å². The van der Waals surface area contributed by atoms with Gasteiger partial charge in [0.05, 0.1) is 5.57 Å². The van der Waals surface area contributed by atoms with E-state index in [0.717, 1.165) is 49.9 Å². The quantitative estimate of drug-likeness (QED) is 0.351. The minimum absolute atomic E-state index is 0.0851. The highest BCUT2D eigenvalue weighted by atomic mass is 16.2. The number of imide groups is 1. The first-order valence-electron chi connectivity index (χ1n) is 12.0. The van der Waals surface area contributed by atoms with Crippen molar-refractivity contribution >= 4 is 17.4 Å². The number of likely N-dealkylation sites (tertiary alicyclic amines) is 1. The van der Waals surface area contributed by atoms with Crippen LogP contribution in [0.15, 0.2) is 23.9 Å². The van der Waals surface area contributed by atoms with Crippen molar-refractivity contribution in [3.63, 3.8) is 0 Å². The summed E-state index contributed by atoms with van der Waals surface area (Å²) in [5.74, 6) is -0.189. The molecule has 0 radical (unpaired) electrons. The van der Waals surface area contributed by atoms with Crippen LogP contribution >= 0.6 is 0 Å². The zero-order chi connectivity index (χ0) is 21.5. The zero-order valence-electron chi connectivity index (χ0n) is 19.1. The Morgan fingerprint density at radius 3 is 2.07 bits per heavy atom. The molecule has 0 aliphatic carbocycles. The van der Waals surface area contributed by atoms with Gasteiger partial charge in [-0.05, 0) is 49.8 Å². The lowest BCUT2D eigenvalue weighted by molar-refractivity contribution is -0.137. The number of hydrogen-bond acceptors (Lipinski definition) is 3. The van der Waals surface area contributed by atoms with E-state index < -0.39 is 0 Å². The maximum Gasteiger partial charge on any atom is 0.277 e. The number of aryl methyl sites for hydroxylation is 2. The first-order chi connectivity index (χ1) is 14.5. The van der Waals surface area contributed by atoms with Gasteiger partial charge in [0.25, 0.3) is 11.8 Å². The maximum atomic E-state index is 13.3. The van der Waals surface area contributed by atoms with Gasteiger partial charge in [0.15, 0.2) is 0 Å². The van der Waals surface area contributed by atoms with Crippen molar-refractivity contribution < 1.29 is 9.59 Å². The van der Waals surface area contributed by atoms with E-state index in [2.05, 4.69) is 37.8 Å². The number of amides is 2. The van der Waals surface area contributed by atoms with Gasteiger partial charge in [0.2, 0.25) is 0 Å². The van der Waals surface area contributed by atoms with Gasteiger partial charge in [0.1, 0.15) is 5.70 Å². The number of carbonyl (C=O) groups is 2. The molecule has 0 aromatic heterocycles. The van der Waals surface area contributed by atoms with Crippen LogP contribution in [0, 0.1) is 13.8 Å². The van der Waals surface area contributed by atoms with Crippen LogP contribution in [0.4, 0.5) is 0 Å². The summed E-state index contributed by atoms with van der Waals surface area (Å²) in [5, 5.41) is 0. The smallest absolute Gasteiger partial charge is 0.277 e. The summed E-state index contributed by atoms with van der Waals surface area (Å²) in [7, 11) is 0. The Morgan fingerprint density at radius 2 is 1.43 bits per heavy atom. The number of hydrogen-bond donors (Lipinski definition) is 0. The first kappa shape index (κ1) is 22.6. The largest absolute Gasteiger partial charge is 0.366 e.